The summed E-state index contributed by atoms with van der Waals surface area (Å²) in [6, 6.07) is 0. The molecule has 0 saturated carbocycles. The van der Waals surface area contributed by atoms with Crippen molar-refractivity contribution < 1.29 is 34.1 Å². The number of nitrogens with zero attached hydrogens (tertiary/aromatic N) is 2. The second-order valence-corrected chi connectivity index (χ2v) is 7.38. The van der Waals surface area contributed by atoms with Gasteiger partial charge in [0.05, 0.1) is 13.1 Å². The molecule has 1 saturated heterocycles. The van der Waals surface area contributed by atoms with Crippen LogP contribution in [0.4, 0.5) is 4.79 Å². The molecule has 10 heteroatoms. The number of carbonyl (C=O) groups is 4. The van der Waals surface area contributed by atoms with E-state index >= 15 is 0 Å². The standard InChI is InChI=1S/C17H29N3O3.C2H2O4/c1-17(2,3)23-16(22)18-10-9-15(21)19(4)11-5-6-12-20-13-7-8-14-20;3-1(4)2(5)6/h7-14H2,1-4H3,(H,18,22);(H,3,4)(H,5,6). The molecule has 0 atom stereocenters. The second-order valence-electron chi connectivity index (χ2n) is 7.38. The fourth-order valence-electron chi connectivity index (χ4n) is 2.15. The van der Waals surface area contributed by atoms with Crippen LogP contribution in [-0.2, 0) is 19.1 Å². The van der Waals surface area contributed by atoms with Gasteiger partial charge >= 0.3 is 18.0 Å². The van der Waals surface area contributed by atoms with Crippen molar-refractivity contribution in [2.75, 3.05) is 39.8 Å². The van der Waals surface area contributed by atoms with E-state index in [1.165, 1.54) is 12.8 Å². The number of alkyl carbamates (subject to hydrolysis) is 1. The Labute approximate surface area is 171 Å². The Balaban J connectivity index is 0.00000113. The van der Waals surface area contributed by atoms with Gasteiger partial charge < -0.3 is 25.2 Å². The number of carbonyl (C=O) groups excluding carboxylic acids is 2. The third-order valence-corrected chi connectivity index (χ3v) is 3.56. The average Bonchev–Trinajstić information content (AvgIpc) is 3.10. The molecule has 1 aliphatic heterocycles. The van der Waals surface area contributed by atoms with E-state index in [1.54, 1.807) is 32.7 Å². The molecule has 2 amide bonds. The average molecular weight is 413 g/mol. The lowest BCUT2D eigenvalue weighted by molar-refractivity contribution is -0.159. The van der Waals surface area contributed by atoms with Crippen LogP contribution in [0.15, 0.2) is 0 Å². The first-order valence-corrected chi connectivity index (χ1v) is 9.27. The monoisotopic (exact) mass is 413 g/mol. The number of hydrogen-bond donors (Lipinski definition) is 3. The first-order chi connectivity index (χ1) is 13.4. The van der Waals surface area contributed by atoms with Gasteiger partial charge in [0, 0.05) is 20.0 Å². The first-order valence-electron chi connectivity index (χ1n) is 9.27. The summed E-state index contributed by atoms with van der Waals surface area (Å²) >= 11 is 0. The summed E-state index contributed by atoms with van der Waals surface area (Å²) in [5.74, 6) is 2.44. The molecule has 0 bridgehead atoms. The molecule has 0 radical (unpaired) electrons. The molecule has 0 aromatic rings. The molecule has 29 heavy (non-hydrogen) atoms. The molecule has 1 aliphatic rings. The van der Waals surface area contributed by atoms with Crippen molar-refractivity contribution in [3.63, 3.8) is 0 Å². The largest absolute Gasteiger partial charge is 0.473 e. The summed E-state index contributed by atoms with van der Waals surface area (Å²) in [6.07, 6.45) is 2.25. The van der Waals surface area contributed by atoms with E-state index < -0.39 is 23.6 Å². The van der Waals surface area contributed by atoms with Crippen LogP contribution in [0.3, 0.4) is 0 Å². The van der Waals surface area contributed by atoms with Gasteiger partial charge in [0.2, 0.25) is 5.91 Å². The van der Waals surface area contributed by atoms with Crippen LogP contribution in [0.5, 0.6) is 0 Å². The van der Waals surface area contributed by atoms with Crippen LogP contribution in [0.1, 0.15) is 40.0 Å². The molecule has 3 N–H and O–H groups in total. The molecular formula is C19H31N3O7. The van der Waals surface area contributed by atoms with Gasteiger partial charge in [-0.05, 0) is 46.7 Å². The fourth-order valence-corrected chi connectivity index (χ4v) is 2.15. The summed E-state index contributed by atoms with van der Waals surface area (Å²) in [5.41, 5.74) is -0.532. The third kappa shape index (κ3) is 14.9. The predicted molar refractivity (Wildman–Crippen MR) is 105 cm³/mol. The van der Waals surface area contributed by atoms with E-state index in [2.05, 4.69) is 22.1 Å². The van der Waals surface area contributed by atoms with Crippen LogP contribution in [-0.4, -0.2) is 89.3 Å². The Kier molecular flexibility index (Phi) is 12.1. The van der Waals surface area contributed by atoms with Crippen molar-refractivity contribution in [1.29, 1.82) is 0 Å². The first kappa shape index (κ1) is 26.2. The Morgan fingerprint density at radius 2 is 1.62 bits per heavy atom. The van der Waals surface area contributed by atoms with E-state index in [-0.39, 0.29) is 18.9 Å². The van der Waals surface area contributed by atoms with E-state index in [0.717, 1.165) is 19.6 Å². The fraction of sp³-hybridized carbons (Fsp3) is 0.684. The van der Waals surface area contributed by atoms with E-state index in [4.69, 9.17) is 24.5 Å². The molecule has 0 aromatic carbocycles. The molecule has 164 valence electrons. The number of aliphatic carboxylic acids is 2. The van der Waals surface area contributed by atoms with Gasteiger partial charge in [0.15, 0.2) is 0 Å². The van der Waals surface area contributed by atoms with E-state index in [0.29, 0.717) is 6.54 Å². The topological polar surface area (TPSA) is 136 Å². The van der Waals surface area contributed by atoms with Gasteiger partial charge in [-0.2, -0.15) is 0 Å². The molecule has 1 fully saturated rings. The summed E-state index contributed by atoms with van der Waals surface area (Å²) in [5, 5.41) is 17.4. The minimum atomic E-state index is -1.82. The highest BCUT2D eigenvalue weighted by Crippen LogP contribution is 2.06. The highest BCUT2D eigenvalue weighted by Gasteiger charge is 2.16. The van der Waals surface area contributed by atoms with Gasteiger partial charge in [-0.25, -0.2) is 14.4 Å². The smallest absolute Gasteiger partial charge is 0.414 e. The molecule has 1 rings (SSSR count). The van der Waals surface area contributed by atoms with Gasteiger partial charge in [-0.1, -0.05) is 11.8 Å². The molecule has 0 spiro atoms. The molecule has 0 unspecified atom stereocenters. The van der Waals surface area contributed by atoms with Gasteiger partial charge in [0.25, 0.3) is 0 Å². The van der Waals surface area contributed by atoms with Crippen LogP contribution in [0, 0.1) is 11.8 Å². The normalized spacial score (nSPS) is 13.2. The van der Waals surface area contributed by atoms with Crippen molar-refractivity contribution >= 4 is 23.9 Å². The maximum absolute atomic E-state index is 11.9. The van der Waals surface area contributed by atoms with Crippen molar-refractivity contribution in [2.45, 2.75) is 45.6 Å². The lowest BCUT2D eigenvalue weighted by atomic mass is 10.2. The van der Waals surface area contributed by atoms with Crippen molar-refractivity contribution in [3.05, 3.63) is 0 Å². The van der Waals surface area contributed by atoms with Crippen molar-refractivity contribution in [1.82, 2.24) is 15.1 Å². The molecule has 0 aliphatic carbocycles. The minimum absolute atomic E-state index is 0.0449. The lowest BCUT2D eigenvalue weighted by Gasteiger charge is -2.20. The number of carboxylic acid groups (broad SMARTS) is 2. The summed E-state index contributed by atoms with van der Waals surface area (Å²) < 4.78 is 5.11. The number of amides is 2. The van der Waals surface area contributed by atoms with E-state index in [9.17, 15) is 9.59 Å². The third-order valence-electron chi connectivity index (χ3n) is 3.56. The number of nitrogens with one attached hydrogen (secondary N) is 1. The predicted octanol–water partition coefficient (Wildman–Crippen LogP) is 0.614. The zero-order valence-electron chi connectivity index (χ0n) is 17.5. The number of carboxylic acids is 2. The Morgan fingerprint density at radius 1 is 1.07 bits per heavy atom. The zero-order chi connectivity index (χ0) is 22.4. The highest BCUT2D eigenvalue weighted by atomic mass is 16.6. The summed E-state index contributed by atoms with van der Waals surface area (Å²) in [6.45, 7) is 9.10. The van der Waals surface area contributed by atoms with Gasteiger partial charge in [0.1, 0.15) is 5.60 Å². The maximum atomic E-state index is 11.9. The molecule has 10 nitrogen and oxygen atoms in total. The summed E-state index contributed by atoms with van der Waals surface area (Å²) in [4.78, 5) is 45.5. The minimum Gasteiger partial charge on any atom is -0.473 e. The van der Waals surface area contributed by atoms with Crippen molar-refractivity contribution in [3.8, 4) is 11.8 Å². The van der Waals surface area contributed by atoms with Crippen molar-refractivity contribution in [2.24, 2.45) is 0 Å². The molecule has 1 heterocycles. The second kappa shape index (κ2) is 13.4. The Morgan fingerprint density at radius 3 is 2.10 bits per heavy atom. The van der Waals surface area contributed by atoms with Crippen LogP contribution < -0.4 is 5.32 Å². The quantitative estimate of drug-likeness (QED) is 0.441. The number of hydrogen-bond acceptors (Lipinski definition) is 6. The highest BCUT2D eigenvalue weighted by molar-refractivity contribution is 6.27. The van der Waals surface area contributed by atoms with Crippen LogP contribution >= 0.6 is 0 Å². The Hall–Kier alpha value is -2.80. The maximum Gasteiger partial charge on any atom is 0.414 e. The van der Waals surface area contributed by atoms with Gasteiger partial charge in [-0.3, -0.25) is 9.69 Å². The lowest BCUT2D eigenvalue weighted by Crippen LogP contribution is -2.35. The molecular weight excluding hydrogens is 382 g/mol. The van der Waals surface area contributed by atoms with E-state index in [1.807, 2.05) is 0 Å². The van der Waals surface area contributed by atoms with Crippen LogP contribution in [0.2, 0.25) is 0 Å². The molecule has 0 aromatic heterocycles. The number of ether oxygens (including phenoxy) is 1. The Bertz CT molecular complexity index is 614. The van der Waals surface area contributed by atoms with Crippen LogP contribution in [0.25, 0.3) is 0 Å². The number of likely N-dealkylation sites (tertiary alicyclic amines) is 1. The number of rotatable bonds is 5. The SMILES string of the molecule is CN(CC#CCN1CCCC1)C(=O)CCNC(=O)OC(C)(C)C.O=C(O)C(=O)O. The van der Waals surface area contributed by atoms with Gasteiger partial charge in [-0.15, -0.1) is 0 Å². The zero-order valence-corrected chi connectivity index (χ0v) is 17.5. The summed E-state index contributed by atoms with van der Waals surface area (Å²) in [7, 11) is 1.72.